The highest BCUT2D eigenvalue weighted by Gasteiger charge is 2.23. The molecule has 0 saturated heterocycles. The van der Waals surface area contributed by atoms with Crippen molar-refractivity contribution >= 4 is 18.0 Å². The largest absolute Gasteiger partial charge is 0.386 e. The fourth-order valence-corrected chi connectivity index (χ4v) is 1.81. The molecule has 1 aromatic rings. The monoisotopic (exact) mass is 269 g/mol. The van der Waals surface area contributed by atoms with Crippen LogP contribution in [-0.2, 0) is 0 Å². The summed E-state index contributed by atoms with van der Waals surface area (Å²) in [4.78, 5) is 0. The Labute approximate surface area is 120 Å². The first kappa shape index (κ1) is 17.2. The quantitative estimate of drug-likeness (QED) is 0.850. The maximum absolute atomic E-state index is 9.97. The number of allylic oxidation sites excluding steroid dienone is 1. The molecule has 0 saturated carbocycles. The van der Waals surface area contributed by atoms with Crippen LogP contribution in [0.5, 0.6) is 0 Å². The number of rotatable bonds is 3. The van der Waals surface area contributed by atoms with Gasteiger partial charge in [0.15, 0.2) is 0 Å². The van der Waals surface area contributed by atoms with E-state index in [9.17, 15) is 5.11 Å². The number of aryl methyl sites for hydroxylation is 1. The molecule has 1 rings (SSSR count). The van der Waals surface area contributed by atoms with Crippen LogP contribution in [0.4, 0.5) is 0 Å². The Kier molecular flexibility index (Phi) is 5.64. The van der Waals surface area contributed by atoms with Gasteiger partial charge >= 0.3 is 0 Å². The molecule has 0 spiro atoms. The molecule has 3 radical (unpaired) electrons. The molecule has 0 aromatic heterocycles. The minimum atomic E-state index is -0.867. The zero-order chi connectivity index (χ0) is 13.3. The second kappa shape index (κ2) is 5.90. The van der Waals surface area contributed by atoms with Crippen LogP contribution in [0.2, 0.25) is 0 Å². The minimum absolute atomic E-state index is 0. The molecule has 0 aliphatic rings. The molecule has 1 aromatic carbocycles. The van der Waals surface area contributed by atoms with Crippen molar-refractivity contribution in [3.63, 3.8) is 0 Å². The summed E-state index contributed by atoms with van der Waals surface area (Å²) in [6.45, 7) is 15.7. The van der Waals surface area contributed by atoms with E-state index in [1.807, 2.05) is 31.2 Å². The van der Waals surface area contributed by atoms with E-state index in [2.05, 4.69) is 26.8 Å². The third-order valence-corrected chi connectivity index (χ3v) is 2.58. The fraction of sp³-hybridized carbons (Fsp3) is 0.375. The SMILES string of the molecule is Cl.[CH2]C([CH2])(C)/C(=C\C(C)(C)O)c1ccccc1C.[HH].[H]. The van der Waals surface area contributed by atoms with Crippen molar-refractivity contribution in [3.8, 4) is 0 Å². The standard InChI is InChI=1S/C16H22O.ClH.H2.H/c1-12-9-7-8-10-13(12)14(15(2,3)4)11-16(5,6)17;;;/h7-11,17H,2-3H2,1,4-6H3;2*1H;/b14-11-;;;. The Bertz CT molecular complexity index is 429. The fourth-order valence-electron chi connectivity index (χ4n) is 1.81. The van der Waals surface area contributed by atoms with E-state index in [4.69, 9.17) is 0 Å². The highest BCUT2D eigenvalue weighted by molar-refractivity contribution is 5.85. The van der Waals surface area contributed by atoms with Crippen LogP contribution in [0.3, 0.4) is 0 Å². The van der Waals surface area contributed by atoms with E-state index in [1.165, 1.54) is 5.56 Å². The molecule has 103 valence electrons. The molecule has 2 heteroatoms. The third kappa shape index (κ3) is 4.83. The van der Waals surface area contributed by atoms with Gasteiger partial charge in [0, 0.05) is 2.85 Å². The van der Waals surface area contributed by atoms with Gasteiger partial charge in [0.2, 0.25) is 0 Å². The average molecular weight is 270 g/mol. The van der Waals surface area contributed by atoms with E-state index < -0.39 is 11.0 Å². The Hall–Kier alpha value is -0.790. The van der Waals surface area contributed by atoms with Gasteiger partial charge in [0.05, 0.1) is 5.60 Å². The van der Waals surface area contributed by atoms with Crippen molar-refractivity contribution in [2.24, 2.45) is 5.41 Å². The lowest BCUT2D eigenvalue weighted by molar-refractivity contribution is 0.133. The first-order valence-electron chi connectivity index (χ1n) is 5.84. The Morgan fingerprint density at radius 2 is 1.78 bits per heavy atom. The molecule has 0 unspecified atom stereocenters. The molecule has 0 atom stereocenters. The highest BCUT2D eigenvalue weighted by atomic mass is 35.5. The van der Waals surface area contributed by atoms with Gasteiger partial charge < -0.3 is 5.11 Å². The lowest BCUT2D eigenvalue weighted by Crippen LogP contribution is -2.19. The van der Waals surface area contributed by atoms with Crippen molar-refractivity contribution in [1.29, 1.82) is 0 Å². The number of aliphatic hydroxyl groups is 1. The average Bonchev–Trinajstić information content (AvgIpc) is 2.12. The van der Waals surface area contributed by atoms with Gasteiger partial charge in [0.25, 0.3) is 0 Å². The van der Waals surface area contributed by atoms with Gasteiger partial charge in [0.1, 0.15) is 0 Å². The van der Waals surface area contributed by atoms with Crippen LogP contribution in [0.15, 0.2) is 30.3 Å². The van der Waals surface area contributed by atoms with Crippen LogP contribution in [-0.4, -0.2) is 10.7 Å². The topological polar surface area (TPSA) is 20.2 Å². The molecule has 1 nitrogen and oxygen atoms in total. The van der Waals surface area contributed by atoms with Crippen molar-refractivity contribution in [3.05, 3.63) is 55.3 Å². The molecule has 0 fully saturated rings. The summed E-state index contributed by atoms with van der Waals surface area (Å²) in [5, 5.41) is 9.97. The summed E-state index contributed by atoms with van der Waals surface area (Å²) in [6.07, 6.45) is 1.84. The zero-order valence-electron chi connectivity index (χ0n) is 12.7. The second-order valence-electron chi connectivity index (χ2n) is 5.59. The molecule has 0 aliphatic carbocycles. The van der Waals surface area contributed by atoms with Crippen molar-refractivity contribution in [2.45, 2.75) is 33.3 Å². The van der Waals surface area contributed by atoms with Crippen LogP contribution in [0.25, 0.3) is 5.57 Å². The van der Waals surface area contributed by atoms with Gasteiger partial charge in [-0.05, 0) is 62.8 Å². The van der Waals surface area contributed by atoms with E-state index in [0.717, 1.165) is 11.1 Å². The number of benzene rings is 1. The normalized spacial score (nSPS) is 13.2. The van der Waals surface area contributed by atoms with Gasteiger partial charge in [-0.2, -0.15) is 0 Å². The lowest BCUT2D eigenvalue weighted by atomic mass is 9.78. The third-order valence-electron chi connectivity index (χ3n) is 2.58. The number of hydrogen-bond donors (Lipinski definition) is 1. The van der Waals surface area contributed by atoms with E-state index in [-0.39, 0.29) is 15.3 Å². The predicted molar refractivity (Wildman–Crippen MR) is 84.7 cm³/mol. The highest BCUT2D eigenvalue weighted by Crippen LogP contribution is 2.36. The summed E-state index contributed by atoms with van der Waals surface area (Å²) in [5.74, 6) is 0. The van der Waals surface area contributed by atoms with Crippen molar-refractivity contribution < 1.29 is 7.96 Å². The minimum Gasteiger partial charge on any atom is -0.386 e. The lowest BCUT2D eigenvalue weighted by Gasteiger charge is -2.27. The van der Waals surface area contributed by atoms with E-state index in [1.54, 1.807) is 13.8 Å². The van der Waals surface area contributed by atoms with Gasteiger partial charge in [-0.1, -0.05) is 31.2 Å². The molecule has 0 aliphatic heterocycles. The predicted octanol–water partition coefficient (Wildman–Crippen LogP) is 4.60. The second-order valence-corrected chi connectivity index (χ2v) is 5.59. The van der Waals surface area contributed by atoms with Crippen molar-refractivity contribution in [2.75, 3.05) is 0 Å². The molecule has 0 amide bonds. The molecule has 18 heavy (non-hydrogen) atoms. The Morgan fingerprint density at radius 3 is 2.17 bits per heavy atom. The van der Waals surface area contributed by atoms with Gasteiger partial charge in [-0.25, -0.2) is 0 Å². The molecular formula is C16H26ClO. The zero-order valence-corrected chi connectivity index (χ0v) is 12.5. The van der Waals surface area contributed by atoms with Gasteiger partial charge in [-0.15, -0.1) is 12.4 Å². The summed E-state index contributed by atoms with van der Waals surface area (Å²) in [6, 6.07) is 8.09. The summed E-state index contributed by atoms with van der Waals surface area (Å²) in [5.41, 5.74) is 1.90. The molecular weight excluding hydrogens is 244 g/mol. The van der Waals surface area contributed by atoms with Crippen LogP contribution in [0, 0.1) is 26.2 Å². The maximum Gasteiger partial charge on any atom is 0.0777 e. The number of halogens is 1. The first-order valence-corrected chi connectivity index (χ1v) is 5.84. The van der Waals surface area contributed by atoms with Crippen LogP contribution in [0.1, 0.15) is 34.8 Å². The summed E-state index contributed by atoms with van der Waals surface area (Å²) >= 11 is 0. The Morgan fingerprint density at radius 1 is 1.28 bits per heavy atom. The first-order chi connectivity index (χ1) is 7.61. The van der Waals surface area contributed by atoms with Crippen LogP contribution < -0.4 is 0 Å². The molecule has 0 bridgehead atoms. The van der Waals surface area contributed by atoms with Crippen LogP contribution >= 0.6 is 12.4 Å². The molecule has 0 heterocycles. The van der Waals surface area contributed by atoms with Gasteiger partial charge in [-0.3, -0.25) is 0 Å². The van der Waals surface area contributed by atoms with Crippen molar-refractivity contribution in [1.82, 2.24) is 0 Å². The smallest absolute Gasteiger partial charge is 0.0777 e. The van der Waals surface area contributed by atoms with E-state index in [0.29, 0.717) is 0 Å². The Balaban J connectivity index is -0.000000963. The number of hydrogen-bond acceptors (Lipinski definition) is 1. The summed E-state index contributed by atoms with van der Waals surface area (Å²) in [7, 11) is 0. The molecule has 1 N–H and O–H groups in total. The maximum atomic E-state index is 9.97. The summed E-state index contributed by atoms with van der Waals surface area (Å²) < 4.78 is 0. The van der Waals surface area contributed by atoms with E-state index >= 15 is 0 Å².